The predicted octanol–water partition coefficient (Wildman–Crippen LogP) is 3.76. The van der Waals surface area contributed by atoms with Gasteiger partial charge in [-0.2, -0.15) is 0 Å². The maximum atomic E-state index is 13.2. The van der Waals surface area contributed by atoms with E-state index < -0.39 is 5.92 Å². The zero-order valence-electron chi connectivity index (χ0n) is 13.9. The molecule has 2 fully saturated rings. The van der Waals surface area contributed by atoms with Gasteiger partial charge in [0, 0.05) is 25.3 Å². The van der Waals surface area contributed by atoms with E-state index in [4.69, 9.17) is 0 Å². The molecule has 7 heteroatoms. The van der Waals surface area contributed by atoms with Crippen LogP contribution < -0.4 is 10.6 Å². The summed E-state index contributed by atoms with van der Waals surface area (Å²) in [5.41, 5.74) is 0.537. The van der Waals surface area contributed by atoms with Crippen LogP contribution >= 0.6 is 0 Å². The Balaban J connectivity index is 1.44. The molecule has 2 aliphatic rings. The molecule has 2 aliphatic carbocycles. The zero-order chi connectivity index (χ0) is 17.2. The SMILES string of the molecule is CC(NC(=O)Nc1cnc(CC2CC2)nc1)C1CCC(F)(F)CC1. The maximum absolute atomic E-state index is 13.2. The molecule has 2 saturated carbocycles. The van der Waals surface area contributed by atoms with Crippen molar-refractivity contribution in [2.24, 2.45) is 11.8 Å². The Labute approximate surface area is 140 Å². The molecule has 0 bridgehead atoms. The molecular formula is C17H24F2N4O. The fourth-order valence-corrected chi connectivity index (χ4v) is 3.16. The number of hydrogen-bond donors (Lipinski definition) is 2. The molecule has 0 radical (unpaired) electrons. The van der Waals surface area contributed by atoms with Crippen LogP contribution in [0.25, 0.3) is 0 Å². The lowest BCUT2D eigenvalue weighted by Gasteiger charge is -2.32. The molecule has 1 aromatic heterocycles. The quantitative estimate of drug-likeness (QED) is 0.859. The smallest absolute Gasteiger partial charge is 0.319 e. The van der Waals surface area contributed by atoms with Gasteiger partial charge < -0.3 is 10.6 Å². The van der Waals surface area contributed by atoms with Gasteiger partial charge in [0.05, 0.1) is 18.1 Å². The van der Waals surface area contributed by atoms with Gasteiger partial charge >= 0.3 is 6.03 Å². The highest BCUT2D eigenvalue weighted by Crippen LogP contribution is 2.37. The summed E-state index contributed by atoms with van der Waals surface area (Å²) >= 11 is 0. The van der Waals surface area contributed by atoms with Crippen LogP contribution in [0.4, 0.5) is 19.3 Å². The Morgan fingerprint density at radius 3 is 2.46 bits per heavy atom. The lowest BCUT2D eigenvalue weighted by atomic mass is 9.83. The van der Waals surface area contributed by atoms with Crippen molar-refractivity contribution in [1.29, 1.82) is 0 Å². The Kier molecular flexibility index (Phi) is 4.96. The standard InChI is InChI=1S/C17H24F2N4O/c1-11(13-4-6-17(18,19)7-5-13)22-16(24)23-14-9-20-15(21-10-14)8-12-2-3-12/h9-13H,2-8H2,1H3,(H2,22,23,24). The summed E-state index contributed by atoms with van der Waals surface area (Å²) in [4.78, 5) is 20.6. The van der Waals surface area contributed by atoms with Crippen molar-refractivity contribution in [3.63, 3.8) is 0 Å². The van der Waals surface area contributed by atoms with Crippen LogP contribution in [0.3, 0.4) is 0 Å². The first kappa shape index (κ1) is 17.0. The van der Waals surface area contributed by atoms with Crippen molar-refractivity contribution >= 4 is 11.7 Å². The largest absolute Gasteiger partial charge is 0.335 e. The van der Waals surface area contributed by atoms with E-state index in [0.29, 0.717) is 18.5 Å². The fourth-order valence-electron chi connectivity index (χ4n) is 3.16. The van der Waals surface area contributed by atoms with Crippen molar-refractivity contribution in [3.05, 3.63) is 18.2 Å². The summed E-state index contributed by atoms with van der Waals surface area (Å²) in [6, 6.07) is -0.491. The summed E-state index contributed by atoms with van der Waals surface area (Å²) in [5, 5.41) is 5.53. The minimum absolute atomic E-state index is 0.0903. The van der Waals surface area contributed by atoms with E-state index in [2.05, 4.69) is 20.6 Å². The molecule has 0 saturated heterocycles. The van der Waals surface area contributed by atoms with Crippen LogP contribution in [0, 0.1) is 11.8 Å². The number of halogens is 2. The Bertz CT molecular complexity index is 564. The number of rotatable bonds is 5. The van der Waals surface area contributed by atoms with Gasteiger partial charge in [0.25, 0.3) is 0 Å². The molecule has 132 valence electrons. The molecule has 1 heterocycles. The van der Waals surface area contributed by atoms with E-state index in [1.807, 2.05) is 6.92 Å². The number of aromatic nitrogens is 2. The fraction of sp³-hybridized carbons (Fsp3) is 0.706. The number of nitrogens with one attached hydrogen (secondary N) is 2. The van der Waals surface area contributed by atoms with Crippen molar-refractivity contribution in [2.75, 3.05) is 5.32 Å². The number of anilines is 1. The molecule has 1 aromatic rings. The summed E-state index contributed by atoms with van der Waals surface area (Å²) in [6.45, 7) is 1.86. The normalized spacial score (nSPS) is 22.0. The number of alkyl halides is 2. The van der Waals surface area contributed by atoms with Crippen molar-refractivity contribution in [3.8, 4) is 0 Å². The van der Waals surface area contributed by atoms with Crippen LogP contribution in [-0.2, 0) is 6.42 Å². The monoisotopic (exact) mass is 338 g/mol. The number of urea groups is 1. The number of carbonyl (C=O) groups is 1. The summed E-state index contributed by atoms with van der Waals surface area (Å²) < 4.78 is 26.4. The Hall–Kier alpha value is -1.79. The van der Waals surface area contributed by atoms with Gasteiger partial charge in [-0.1, -0.05) is 0 Å². The minimum Gasteiger partial charge on any atom is -0.335 e. The van der Waals surface area contributed by atoms with Crippen LogP contribution in [-0.4, -0.2) is 28.0 Å². The average molecular weight is 338 g/mol. The molecule has 0 aromatic carbocycles. The summed E-state index contributed by atoms with van der Waals surface area (Å²) in [7, 11) is 0. The van der Waals surface area contributed by atoms with E-state index in [1.165, 1.54) is 12.8 Å². The Morgan fingerprint density at radius 1 is 1.25 bits per heavy atom. The molecule has 1 atom stereocenters. The van der Waals surface area contributed by atoms with Crippen molar-refractivity contribution in [2.45, 2.75) is 63.8 Å². The highest BCUT2D eigenvalue weighted by atomic mass is 19.3. The lowest BCUT2D eigenvalue weighted by molar-refractivity contribution is -0.0483. The second-order valence-corrected chi connectivity index (χ2v) is 7.12. The molecule has 24 heavy (non-hydrogen) atoms. The van der Waals surface area contributed by atoms with Crippen LogP contribution in [0.1, 0.15) is 51.3 Å². The highest BCUT2D eigenvalue weighted by Gasteiger charge is 2.36. The molecule has 2 amide bonds. The van der Waals surface area contributed by atoms with Gasteiger partial charge in [-0.05, 0) is 44.4 Å². The molecule has 2 N–H and O–H groups in total. The maximum Gasteiger partial charge on any atom is 0.319 e. The van der Waals surface area contributed by atoms with Gasteiger partial charge in [-0.3, -0.25) is 0 Å². The van der Waals surface area contributed by atoms with E-state index in [9.17, 15) is 13.6 Å². The predicted molar refractivity (Wildman–Crippen MR) is 87.0 cm³/mol. The molecular weight excluding hydrogens is 314 g/mol. The summed E-state index contributed by atoms with van der Waals surface area (Å²) in [5.74, 6) is -0.929. The lowest BCUT2D eigenvalue weighted by Crippen LogP contribution is -2.42. The number of carbonyl (C=O) groups excluding carboxylic acids is 1. The third-order valence-electron chi connectivity index (χ3n) is 4.96. The third-order valence-corrected chi connectivity index (χ3v) is 4.96. The van der Waals surface area contributed by atoms with Crippen molar-refractivity contribution in [1.82, 2.24) is 15.3 Å². The van der Waals surface area contributed by atoms with Crippen LogP contribution in [0.15, 0.2) is 12.4 Å². The third kappa shape index (κ3) is 4.85. The van der Waals surface area contributed by atoms with Crippen molar-refractivity contribution < 1.29 is 13.6 Å². The van der Waals surface area contributed by atoms with Crippen LogP contribution in [0.2, 0.25) is 0 Å². The van der Waals surface area contributed by atoms with Gasteiger partial charge in [-0.15, -0.1) is 0 Å². The molecule has 0 spiro atoms. The van der Waals surface area contributed by atoms with E-state index in [0.717, 1.165) is 18.2 Å². The molecule has 5 nitrogen and oxygen atoms in total. The average Bonchev–Trinajstić information content (AvgIpc) is 3.33. The van der Waals surface area contributed by atoms with Gasteiger partial charge in [0.1, 0.15) is 5.82 Å². The van der Waals surface area contributed by atoms with Gasteiger partial charge in [-0.25, -0.2) is 23.5 Å². The van der Waals surface area contributed by atoms with E-state index in [1.54, 1.807) is 12.4 Å². The zero-order valence-corrected chi connectivity index (χ0v) is 13.9. The van der Waals surface area contributed by atoms with Gasteiger partial charge in [0.2, 0.25) is 5.92 Å². The van der Waals surface area contributed by atoms with Gasteiger partial charge in [0.15, 0.2) is 0 Å². The minimum atomic E-state index is -2.54. The highest BCUT2D eigenvalue weighted by molar-refractivity contribution is 5.89. The van der Waals surface area contributed by atoms with E-state index in [-0.39, 0.29) is 30.8 Å². The number of hydrogen-bond acceptors (Lipinski definition) is 3. The summed E-state index contributed by atoms with van der Waals surface area (Å²) in [6.07, 6.45) is 7.29. The second kappa shape index (κ2) is 6.99. The second-order valence-electron chi connectivity index (χ2n) is 7.12. The first-order chi connectivity index (χ1) is 11.4. The first-order valence-corrected chi connectivity index (χ1v) is 8.67. The van der Waals surface area contributed by atoms with Crippen LogP contribution in [0.5, 0.6) is 0 Å². The first-order valence-electron chi connectivity index (χ1n) is 8.67. The molecule has 3 rings (SSSR count). The number of nitrogens with zero attached hydrogens (tertiary/aromatic N) is 2. The number of amides is 2. The molecule has 1 unspecified atom stereocenters. The Morgan fingerprint density at radius 2 is 1.88 bits per heavy atom. The topological polar surface area (TPSA) is 66.9 Å². The molecule has 0 aliphatic heterocycles. The van der Waals surface area contributed by atoms with E-state index >= 15 is 0 Å².